The summed E-state index contributed by atoms with van der Waals surface area (Å²) in [5, 5.41) is 3.38. The van der Waals surface area contributed by atoms with Gasteiger partial charge in [0.25, 0.3) is 0 Å². The fourth-order valence-electron chi connectivity index (χ4n) is 2.53. The molecule has 5 nitrogen and oxygen atoms in total. The van der Waals surface area contributed by atoms with Gasteiger partial charge in [0, 0.05) is 18.7 Å². The van der Waals surface area contributed by atoms with Crippen molar-refractivity contribution in [3.63, 3.8) is 0 Å². The van der Waals surface area contributed by atoms with E-state index in [9.17, 15) is 4.79 Å². The second kappa shape index (κ2) is 8.72. The number of para-hydroxylation sites is 1. The molecule has 0 aromatic heterocycles. The molecule has 0 amide bonds. The third-order valence-electron chi connectivity index (χ3n) is 3.72. The van der Waals surface area contributed by atoms with Crippen LogP contribution in [0, 0.1) is 0 Å². The Morgan fingerprint density at radius 2 is 1.65 bits per heavy atom. The van der Waals surface area contributed by atoms with E-state index in [2.05, 4.69) is 5.32 Å². The van der Waals surface area contributed by atoms with E-state index >= 15 is 0 Å². The van der Waals surface area contributed by atoms with Crippen LogP contribution in [0.5, 0.6) is 11.5 Å². The first-order valence-electron chi connectivity index (χ1n) is 8.57. The Labute approximate surface area is 155 Å². The van der Waals surface area contributed by atoms with Gasteiger partial charge < -0.3 is 19.5 Å². The molecule has 0 saturated heterocycles. The Hall–Kier alpha value is -2.53. The summed E-state index contributed by atoms with van der Waals surface area (Å²) in [7, 11) is 3.26. The molecule has 0 heterocycles. The Balaban J connectivity index is 1.94. The van der Waals surface area contributed by atoms with Gasteiger partial charge in [0.05, 0.1) is 19.8 Å². The number of ether oxygens (including phenoxy) is 3. The summed E-state index contributed by atoms with van der Waals surface area (Å²) < 4.78 is 16.1. The standard InChI is InChI=1S/C21H27NO4/c1-21(2,3)26-20(23)16-11-9-15(10-12-16)13-22-14-17-7-6-8-18(24-4)19(17)25-5/h6-12,22H,13-14H2,1-5H3. The number of nitrogens with one attached hydrogen (secondary N) is 1. The van der Waals surface area contributed by atoms with E-state index in [0.717, 1.165) is 16.9 Å². The maximum absolute atomic E-state index is 12.0. The molecule has 26 heavy (non-hydrogen) atoms. The number of carbonyl (C=O) groups is 1. The predicted octanol–water partition coefficient (Wildman–Crippen LogP) is 3.95. The molecule has 140 valence electrons. The van der Waals surface area contributed by atoms with Crippen molar-refractivity contribution >= 4 is 5.97 Å². The summed E-state index contributed by atoms with van der Waals surface area (Å²) in [6.07, 6.45) is 0. The minimum Gasteiger partial charge on any atom is -0.493 e. The maximum atomic E-state index is 12.0. The van der Waals surface area contributed by atoms with Crippen LogP contribution in [-0.4, -0.2) is 25.8 Å². The van der Waals surface area contributed by atoms with Crippen molar-refractivity contribution < 1.29 is 19.0 Å². The Kier molecular flexibility index (Phi) is 6.64. The molecule has 0 unspecified atom stereocenters. The molecule has 2 aromatic carbocycles. The fraction of sp³-hybridized carbons (Fsp3) is 0.381. The van der Waals surface area contributed by atoms with Crippen LogP contribution in [0.3, 0.4) is 0 Å². The Morgan fingerprint density at radius 1 is 0.962 bits per heavy atom. The second-order valence-corrected chi connectivity index (χ2v) is 6.96. The molecular formula is C21H27NO4. The van der Waals surface area contributed by atoms with Crippen molar-refractivity contribution in [1.29, 1.82) is 0 Å². The summed E-state index contributed by atoms with van der Waals surface area (Å²) in [5.41, 5.74) is 2.17. The minimum absolute atomic E-state index is 0.307. The highest BCUT2D eigenvalue weighted by atomic mass is 16.6. The molecule has 0 radical (unpaired) electrons. The van der Waals surface area contributed by atoms with Crippen LogP contribution in [0.1, 0.15) is 42.3 Å². The first kappa shape index (κ1) is 19.8. The first-order valence-corrected chi connectivity index (χ1v) is 8.57. The van der Waals surface area contributed by atoms with Crippen molar-refractivity contribution in [1.82, 2.24) is 5.32 Å². The van der Waals surface area contributed by atoms with Gasteiger partial charge in [-0.05, 0) is 44.5 Å². The third kappa shape index (κ3) is 5.49. The molecule has 0 fully saturated rings. The summed E-state index contributed by atoms with van der Waals surface area (Å²) in [5.74, 6) is 1.15. The second-order valence-electron chi connectivity index (χ2n) is 6.96. The SMILES string of the molecule is COc1cccc(CNCc2ccc(C(=O)OC(C)(C)C)cc2)c1OC. The van der Waals surface area contributed by atoms with Gasteiger partial charge >= 0.3 is 5.97 Å². The molecule has 0 aliphatic heterocycles. The molecule has 0 aliphatic carbocycles. The third-order valence-corrected chi connectivity index (χ3v) is 3.72. The zero-order valence-corrected chi connectivity index (χ0v) is 16.1. The molecule has 0 aliphatic rings. The molecule has 1 N–H and O–H groups in total. The summed E-state index contributed by atoms with van der Waals surface area (Å²) in [6, 6.07) is 13.2. The van der Waals surface area contributed by atoms with Gasteiger partial charge in [0.2, 0.25) is 0 Å². The molecule has 0 bridgehead atoms. The van der Waals surface area contributed by atoms with Crippen LogP contribution in [0.2, 0.25) is 0 Å². The quantitative estimate of drug-likeness (QED) is 0.761. The molecular weight excluding hydrogens is 330 g/mol. The maximum Gasteiger partial charge on any atom is 0.338 e. The van der Waals surface area contributed by atoms with Crippen LogP contribution in [-0.2, 0) is 17.8 Å². The lowest BCUT2D eigenvalue weighted by molar-refractivity contribution is 0.00695. The highest BCUT2D eigenvalue weighted by Crippen LogP contribution is 2.30. The lowest BCUT2D eigenvalue weighted by Gasteiger charge is -2.19. The van der Waals surface area contributed by atoms with Crippen LogP contribution >= 0.6 is 0 Å². The van der Waals surface area contributed by atoms with Crippen LogP contribution < -0.4 is 14.8 Å². The largest absolute Gasteiger partial charge is 0.493 e. The smallest absolute Gasteiger partial charge is 0.338 e. The highest BCUT2D eigenvalue weighted by molar-refractivity contribution is 5.89. The zero-order chi connectivity index (χ0) is 19.2. The number of methoxy groups -OCH3 is 2. The van der Waals surface area contributed by atoms with Crippen molar-refractivity contribution in [2.75, 3.05) is 14.2 Å². The van der Waals surface area contributed by atoms with Gasteiger partial charge in [-0.1, -0.05) is 24.3 Å². The van der Waals surface area contributed by atoms with Crippen LogP contribution in [0.15, 0.2) is 42.5 Å². The van der Waals surface area contributed by atoms with Gasteiger partial charge in [-0.25, -0.2) is 4.79 Å². The Morgan fingerprint density at radius 3 is 2.23 bits per heavy atom. The average molecular weight is 357 g/mol. The van der Waals surface area contributed by atoms with E-state index in [-0.39, 0.29) is 5.97 Å². The van der Waals surface area contributed by atoms with Crippen molar-refractivity contribution in [3.8, 4) is 11.5 Å². The lowest BCUT2D eigenvalue weighted by atomic mass is 10.1. The number of hydrogen-bond acceptors (Lipinski definition) is 5. The van der Waals surface area contributed by atoms with Crippen LogP contribution in [0.4, 0.5) is 0 Å². The van der Waals surface area contributed by atoms with Gasteiger partial charge in [0.15, 0.2) is 11.5 Å². The fourth-order valence-corrected chi connectivity index (χ4v) is 2.53. The molecule has 2 rings (SSSR count). The number of carbonyl (C=O) groups excluding carboxylic acids is 1. The summed E-state index contributed by atoms with van der Waals surface area (Å²) >= 11 is 0. The first-order chi connectivity index (χ1) is 12.3. The van der Waals surface area contributed by atoms with Gasteiger partial charge in [0.1, 0.15) is 5.60 Å². The van der Waals surface area contributed by atoms with Gasteiger partial charge in [-0.15, -0.1) is 0 Å². The topological polar surface area (TPSA) is 56.8 Å². The monoisotopic (exact) mass is 357 g/mol. The number of rotatable bonds is 7. The highest BCUT2D eigenvalue weighted by Gasteiger charge is 2.17. The number of esters is 1. The summed E-state index contributed by atoms with van der Waals surface area (Å²) in [6.45, 7) is 6.89. The zero-order valence-electron chi connectivity index (χ0n) is 16.1. The molecule has 0 saturated carbocycles. The van der Waals surface area contributed by atoms with E-state index < -0.39 is 5.60 Å². The van der Waals surface area contributed by atoms with Crippen molar-refractivity contribution in [3.05, 3.63) is 59.2 Å². The van der Waals surface area contributed by atoms with E-state index in [4.69, 9.17) is 14.2 Å². The Bertz CT molecular complexity index is 733. The van der Waals surface area contributed by atoms with E-state index in [1.54, 1.807) is 26.4 Å². The number of hydrogen-bond donors (Lipinski definition) is 1. The van der Waals surface area contributed by atoms with Crippen LogP contribution in [0.25, 0.3) is 0 Å². The van der Waals surface area contributed by atoms with E-state index in [0.29, 0.717) is 24.4 Å². The van der Waals surface area contributed by atoms with E-state index in [1.165, 1.54) is 0 Å². The lowest BCUT2D eigenvalue weighted by Crippen LogP contribution is -2.23. The minimum atomic E-state index is -0.493. The molecule has 5 heteroatoms. The summed E-state index contributed by atoms with van der Waals surface area (Å²) in [4.78, 5) is 12.0. The average Bonchev–Trinajstić information content (AvgIpc) is 2.60. The number of benzene rings is 2. The van der Waals surface area contributed by atoms with Crippen molar-refractivity contribution in [2.45, 2.75) is 39.5 Å². The van der Waals surface area contributed by atoms with Gasteiger partial charge in [-0.2, -0.15) is 0 Å². The molecule has 2 aromatic rings. The molecule has 0 atom stereocenters. The van der Waals surface area contributed by atoms with Gasteiger partial charge in [-0.3, -0.25) is 0 Å². The normalized spacial score (nSPS) is 11.1. The predicted molar refractivity (Wildman–Crippen MR) is 102 cm³/mol. The molecule has 0 spiro atoms. The van der Waals surface area contributed by atoms with E-state index in [1.807, 2.05) is 51.1 Å². The van der Waals surface area contributed by atoms with Crippen molar-refractivity contribution in [2.24, 2.45) is 0 Å².